The second-order valence-corrected chi connectivity index (χ2v) is 6.94. The summed E-state index contributed by atoms with van der Waals surface area (Å²) >= 11 is 0. The summed E-state index contributed by atoms with van der Waals surface area (Å²) in [6.45, 7) is 4.93. The van der Waals surface area contributed by atoms with Gasteiger partial charge in [0.15, 0.2) is 0 Å². The molecule has 0 bridgehead atoms. The van der Waals surface area contributed by atoms with Crippen molar-refractivity contribution in [2.24, 2.45) is 13.0 Å². The molecule has 2 amide bonds. The molecular formula is C19H25N3O3. The predicted molar refractivity (Wildman–Crippen MR) is 96.2 cm³/mol. The largest absolute Gasteiger partial charge is 0.467 e. The summed E-state index contributed by atoms with van der Waals surface area (Å²) in [6.07, 6.45) is 2.94. The summed E-state index contributed by atoms with van der Waals surface area (Å²) in [5.74, 6) is -0.450. The Morgan fingerprint density at radius 1 is 1.24 bits per heavy atom. The summed E-state index contributed by atoms with van der Waals surface area (Å²) < 4.78 is 6.94. The number of aromatic nitrogens is 1. The Morgan fingerprint density at radius 2 is 2.00 bits per heavy atom. The first-order valence-corrected chi connectivity index (χ1v) is 8.61. The van der Waals surface area contributed by atoms with Crippen LogP contribution >= 0.6 is 0 Å². The Morgan fingerprint density at radius 3 is 2.68 bits per heavy atom. The van der Waals surface area contributed by atoms with Crippen LogP contribution in [0.2, 0.25) is 0 Å². The fourth-order valence-electron chi connectivity index (χ4n) is 3.50. The number of carbonyl (C=O) groups excluding carboxylic acids is 2. The van der Waals surface area contributed by atoms with E-state index in [1.54, 1.807) is 4.90 Å². The van der Waals surface area contributed by atoms with Gasteiger partial charge < -0.3 is 19.5 Å². The van der Waals surface area contributed by atoms with Crippen LogP contribution in [0.3, 0.4) is 0 Å². The van der Waals surface area contributed by atoms with Gasteiger partial charge in [-0.2, -0.15) is 0 Å². The third-order valence-electron chi connectivity index (χ3n) is 4.88. The highest BCUT2D eigenvalue weighted by atomic mass is 16.5. The van der Waals surface area contributed by atoms with Crippen LogP contribution < -0.4 is 5.32 Å². The minimum atomic E-state index is -0.638. The monoisotopic (exact) mass is 343 g/mol. The van der Waals surface area contributed by atoms with Gasteiger partial charge in [-0.15, -0.1) is 0 Å². The van der Waals surface area contributed by atoms with Crippen LogP contribution in [-0.4, -0.2) is 41.2 Å². The van der Waals surface area contributed by atoms with Crippen molar-refractivity contribution in [2.75, 3.05) is 13.7 Å². The Kier molecular flexibility index (Phi) is 4.70. The maximum Gasteiger partial charge on any atom is 0.328 e. The minimum absolute atomic E-state index is 0.0368. The topological polar surface area (TPSA) is 63.6 Å². The van der Waals surface area contributed by atoms with E-state index in [1.807, 2.05) is 27.0 Å². The van der Waals surface area contributed by atoms with E-state index in [0.717, 1.165) is 12.0 Å². The molecule has 134 valence electrons. The molecule has 1 aromatic heterocycles. The molecule has 1 atom stereocenters. The fourth-order valence-corrected chi connectivity index (χ4v) is 3.50. The number of nitrogens with one attached hydrogen (secondary N) is 1. The van der Waals surface area contributed by atoms with Gasteiger partial charge in [0.05, 0.1) is 7.11 Å². The minimum Gasteiger partial charge on any atom is -0.467 e. The number of urea groups is 1. The molecule has 0 fully saturated rings. The van der Waals surface area contributed by atoms with Crippen LogP contribution in [0.25, 0.3) is 10.9 Å². The average Bonchev–Trinajstić information content (AvgIpc) is 2.80. The number of benzene rings is 1. The summed E-state index contributed by atoms with van der Waals surface area (Å²) in [4.78, 5) is 26.4. The maximum absolute atomic E-state index is 12.7. The van der Waals surface area contributed by atoms with Crippen molar-refractivity contribution in [1.82, 2.24) is 14.8 Å². The first-order chi connectivity index (χ1) is 11.9. The standard InChI is InChI=1S/C19H25N3O3/c1-12(2)17(18(23)25-4)20-19(24)22-9-8-14-10-21(3)15-7-5-6-13(11-22)16(14)15/h5-7,10,12,17H,8-9,11H2,1-4H3,(H,20,24)/t17-/m1/s1. The zero-order valence-electron chi connectivity index (χ0n) is 15.2. The highest BCUT2D eigenvalue weighted by molar-refractivity contribution is 5.89. The summed E-state index contributed by atoms with van der Waals surface area (Å²) in [5.41, 5.74) is 3.58. The molecule has 1 N–H and O–H groups in total. The van der Waals surface area contributed by atoms with Gasteiger partial charge in [0, 0.05) is 37.2 Å². The lowest BCUT2D eigenvalue weighted by atomic mass is 10.1. The lowest BCUT2D eigenvalue weighted by Crippen LogP contribution is -2.50. The van der Waals surface area contributed by atoms with Gasteiger partial charge in [-0.25, -0.2) is 9.59 Å². The van der Waals surface area contributed by atoms with Crippen LogP contribution in [0.15, 0.2) is 24.4 Å². The smallest absolute Gasteiger partial charge is 0.328 e. The Hall–Kier alpha value is -2.50. The second-order valence-electron chi connectivity index (χ2n) is 6.94. The Balaban J connectivity index is 1.82. The SMILES string of the molecule is COC(=O)[C@H](NC(=O)N1CCc2cn(C)c3cccc(c23)C1)C(C)C. The van der Waals surface area contributed by atoms with Crippen LogP contribution in [0.1, 0.15) is 25.0 Å². The molecule has 0 saturated carbocycles. The average molecular weight is 343 g/mol. The van der Waals surface area contributed by atoms with Crippen molar-refractivity contribution < 1.29 is 14.3 Å². The van der Waals surface area contributed by atoms with Gasteiger partial charge in [0.25, 0.3) is 0 Å². The van der Waals surface area contributed by atoms with Gasteiger partial charge in [0.1, 0.15) is 6.04 Å². The molecule has 1 aliphatic heterocycles. The van der Waals surface area contributed by atoms with Crippen molar-refractivity contribution in [1.29, 1.82) is 0 Å². The molecule has 1 aliphatic rings. The molecule has 0 aliphatic carbocycles. The van der Waals surface area contributed by atoms with Gasteiger partial charge in [-0.3, -0.25) is 0 Å². The number of nitrogens with zero attached hydrogens (tertiary/aromatic N) is 2. The van der Waals surface area contributed by atoms with Gasteiger partial charge in [-0.1, -0.05) is 26.0 Å². The van der Waals surface area contributed by atoms with E-state index in [-0.39, 0.29) is 11.9 Å². The number of aryl methyl sites for hydroxylation is 1. The van der Waals surface area contributed by atoms with Crippen LogP contribution in [0, 0.1) is 5.92 Å². The molecule has 0 unspecified atom stereocenters. The zero-order chi connectivity index (χ0) is 18.1. The molecule has 0 saturated heterocycles. The highest BCUT2D eigenvalue weighted by Gasteiger charge is 2.28. The summed E-state index contributed by atoms with van der Waals surface area (Å²) in [6, 6.07) is 5.33. The number of esters is 1. The normalized spacial score (nSPS) is 15.2. The second kappa shape index (κ2) is 6.78. The summed E-state index contributed by atoms with van der Waals surface area (Å²) in [5, 5.41) is 4.08. The lowest BCUT2D eigenvalue weighted by molar-refractivity contribution is -0.144. The highest BCUT2D eigenvalue weighted by Crippen LogP contribution is 2.28. The van der Waals surface area contributed by atoms with Crippen LogP contribution in [-0.2, 0) is 29.5 Å². The number of methoxy groups -OCH3 is 1. The van der Waals surface area contributed by atoms with Gasteiger partial charge in [0.2, 0.25) is 0 Å². The molecule has 3 rings (SSSR count). The Bertz CT molecular complexity index is 810. The first kappa shape index (κ1) is 17.3. The number of hydrogen-bond acceptors (Lipinski definition) is 3. The lowest BCUT2D eigenvalue weighted by Gasteiger charge is -2.26. The third kappa shape index (κ3) is 3.21. The van der Waals surface area contributed by atoms with E-state index in [2.05, 4.69) is 28.2 Å². The van der Waals surface area contributed by atoms with E-state index >= 15 is 0 Å². The van der Waals surface area contributed by atoms with E-state index in [4.69, 9.17) is 4.74 Å². The van der Waals surface area contributed by atoms with Crippen molar-refractivity contribution in [2.45, 2.75) is 32.9 Å². The van der Waals surface area contributed by atoms with Crippen molar-refractivity contribution >= 4 is 22.9 Å². The number of carbonyl (C=O) groups is 2. The molecule has 0 radical (unpaired) electrons. The van der Waals surface area contributed by atoms with E-state index in [9.17, 15) is 9.59 Å². The first-order valence-electron chi connectivity index (χ1n) is 8.61. The predicted octanol–water partition coefficient (Wildman–Crippen LogP) is 2.44. The van der Waals surface area contributed by atoms with Gasteiger partial charge >= 0.3 is 12.0 Å². The van der Waals surface area contributed by atoms with Crippen LogP contribution in [0.5, 0.6) is 0 Å². The third-order valence-corrected chi connectivity index (χ3v) is 4.88. The quantitative estimate of drug-likeness (QED) is 0.871. The van der Waals surface area contributed by atoms with Crippen molar-refractivity contribution in [3.8, 4) is 0 Å². The molecule has 6 nitrogen and oxygen atoms in total. The number of ether oxygens (including phenoxy) is 1. The molecular weight excluding hydrogens is 318 g/mol. The molecule has 2 aromatic rings. The van der Waals surface area contributed by atoms with Crippen molar-refractivity contribution in [3.05, 3.63) is 35.5 Å². The number of hydrogen-bond donors (Lipinski definition) is 1. The van der Waals surface area contributed by atoms with Crippen LogP contribution in [0.4, 0.5) is 4.79 Å². The number of amides is 2. The van der Waals surface area contributed by atoms with E-state index in [1.165, 1.54) is 23.6 Å². The Labute approximate surface area is 147 Å². The maximum atomic E-state index is 12.7. The van der Waals surface area contributed by atoms with E-state index < -0.39 is 12.0 Å². The molecule has 6 heteroatoms. The molecule has 2 heterocycles. The zero-order valence-corrected chi connectivity index (χ0v) is 15.2. The molecule has 25 heavy (non-hydrogen) atoms. The number of rotatable bonds is 3. The van der Waals surface area contributed by atoms with Gasteiger partial charge in [-0.05, 0) is 29.5 Å². The van der Waals surface area contributed by atoms with Crippen molar-refractivity contribution in [3.63, 3.8) is 0 Å². The fraction of sp³-hybridized carbons (Fsp3) is 0.474. The molecule has 1 aromatic carbocycles. The summed E-state index contributed by atoms with van der Waals surface area (Å²) in [7, 11) is 3.39. The molecule has 0 spiro atoms. The van der Waals surface area contributed by atoms with E-state index in [0.29, 0.717) is 13.1 Å².